The molecule has 12 heavy (non-hydrogen) atoms. The topological polar surface area (TPSA) is 21.3 Å². The lowest BCUT2D eigenvalue weighted by atomic mass is 10.3. The zero-order valence-electron chi connectivity index (χ0n) is 6.55. The van der Waals surface area contributed by atoms with E-state index in [0.717, 1.165) is 0 Å². The molecule has 0 saturated heterocycles. The second-order valence-corrected chi connectivity index (χ2v) is 2.17. The summed E-state index contributed by atoms with van der Waals surface area (Å²) in [5.74, 6) is 0.648. The molecule has 1 rings (SSSR count). The molecule has 0 unspecified atom stereocenters. The van der Waals surface area contributed by atoms with Crippen LogP contribution in [-0.2, 0) is 0 Å². The molecule has 4 heteroatoms. The molecule has 0 aliphatic carbocycles. The quantitative estimate of drug-likeness (QED) is 0.708. The van der Waals surface area contributed by atoms with Gasteiger partial charge in [-0.15, -0.1) is 0 Å². The molecule has 0 aromatic heterocycles. The van der Waals surface area contributed by atoms with Crippen LogP contribution in [0.5, 0.6) is 5.75 Å². The first-order chi connectivity index (χ1) is 5.72. The van der Waals surface area contributed by atoms with E-state index in [0.29, 0.717) is 11.4 Å². The van der Waals surface area contributed by atoms with Crippen LogP contribution in [0.15, 0.2) is 24.3 Å². The fourth-order valence-corrected chi connectivity index (χ4v) is 0.813. The summed E-state index contributed by atoms with van der Waals surface area (Å²) in [5, 5.41) is 1.97. The summed E-state index contributed by atoms with van der Waals surface area (Å²) in [4.78, 5) is 0. The largest absolute Gasteiger partial charge is 0.497 e. The normalized spacial score (nSPS) is 10.0. The molecule has 0 aliphatic heterocycles. The highest BCUT2D eigenvalue weighted by Crippen LogP contribution is 2.15. The Balaban J connectivity index is 2.65. The average molecular weight is 173 g/mol. The third-order valence-corrected chi connectivity index (χ3v) is 1.37. The van der Waals surface area contributed by atoms with Gasteiger partial charge < -0.3 is 10.1 Å². The van der Waals surface area contributed by atoms with Crippen LogP contribution in [0.1, 0.15) is 0 Å². The fraction of sp³-hybridized carbons (Fsp3) is 0.250. The molecular weight excluding hydrogens is 164 g/mol. The molecule has 0 heterocycles. The summed E-state index contributed by atoms with van der Waals surface area (Å²) in [5.41, 5.74) is 0.380. The van der Waals surface area contributed by atoms with Crippen molar-refractivity contribution >= 4 is 5.69 Å². The van der Waals surface area contributed by atoms with Crippen LogP contribution < -0.4 is 10.1 Å². The number of ether oxygens (including phenoxy) is 1. The monoisotopic (exact) mass is 173 g/mol. The summed E-state index contributed by atoms with van der Waals surface area (Å²) in [7, 11) is 1.52. The minimum Gasteiger partial charge on any atom is -0.497 e. The molecule has 0 amide bonds. The number of rotatable bonds is 3. The molecule has 1 N–H and O–H groups in total. The van der Waals surface area contributed by atoms with E-state index >= 15 is 0 Å². The number of nitrogens with one attached hydrogen (secondary N) is 1. The lowest BCUT2D eigenvalue weighted by Gasteiger charge is -2.04. The summed E-state index contributed by atoms with van der Waals surface area (Å²) in [6.07, 6.45) is 0. The van der Waals surface area contributed by atoms with Gasteiger partial charge in [0.25, 0.3) is 0 Å². The van der Waals surface area contributed by atoms with Gasteiger partial charge in [-0.25, -0.2) is 0 Å². The first-order valence-corrected chi connectivity index (χ1v) is 3.41. The Hall–Kier alpha value is -1.32. The minimum atomic E-state index is -2.53. The van der Waals surface area contributed by atoms with Gasteiger partial charge in [-0.1, -0.05) is 0 Å². The molecule has 0 bridgehead atoms. The molecular formula is C8H9F2NO. The van der Waals surface area contributed by atoms with Crippen LogP contribution in [0.25, 0.3) is 0 Å². The van der Waals surface area contributed by atoms with Gasteiger partial charge in [0.1, 0.15) is 5.75 Å². The molecule has 1 aromatic rings. The van der Waals surface area contributed by atoms with Crippen molar-refractivity contribution < 1.29 is 13.5 Å². The van der Waals surface area contributed by atoms with Gasteiger partial charge in [-0.2, -0.15) is 8.78 Å². The van der Waals surface area contributed by atoms with E-state index in [1.54, 1.807) is 12.1 Å². The SMILES string of the molecule is COc1ccc(NC(F)F)cc1. The Kier molecular flexibility index (Phi) is 2.85. The van der Waals surface area contributed by atoms with Crippen molar-refractivity contribution in [2.75, 3.05) is 12.4 Å². The van der Waals surface area contributed by atoms with E-state index in [1.807, 2.05) is 5.32 Å². The second kappa shape index (κ2) is 3.90. The number of methoxy groups -OCH3 is 1. The highest BCUT2D eigenvalue weighted by Gasteiger charge is 2.00. The van der Waals surface area contributed by atoms with Crippen molar-refractivity contribution in [1.29, 1.82) is 0 Å². The maximum absolute atomic E-state index is 11.8. The fourth-order valence-electron chi connectivity index (χ4n) is 0.813. The maximum atomic E-state index is 11.8. The molecule has 0 fully saturated rings. The van der Waals surface area contributed by atoms with Crippen molar-refractivity contribution in [1.82, 2.24) is 0 Å². The molecule has 0 radical (unpaired) electrons. The van der Waals surface area contributed by atoms with Gasteiger partial charge in [0.2, 0.25) is 0 Å². The number of alkyl halides is 2. The van der Waals surface area contributed by atoms with Gasteiger partial charge in [-0.05, 0) is 24.3 Å². The Bertz CT molecular complexity index is 235. The van der Waals surface area contributed by atoms with E-state index in [2.05, 4.69) is 0 Å². The predicted molar refractivity (Wildman–Crippen MR) is 42.6 cm³/mol. The molecule has 1 aromatic carbocycles. The molecule has 2 nitrogen and oxygen atoms in total. The number of anilines is 1. The Labute approximate surface area is 69.2 Å². The number of benzene rings is 1. The predicted octanol–water partition coefficient (Wildman–Crippen LogP) is 2.33. The zero-order chi connectivity index (χ0) is 8.97. The zero-order valence-corrected chi connectivity index (χ0v) is 6.55. The standard InChI is InChI=1S/C8H9F2NO/c1-12-7-4-2-6(3-5-7)11-8(9)10/h2-5,8,11H,1H3. The van der Waals surface area contributed by atoms with Crippen molar-refractivity contribution in [3.63, 3.8) is 0 Å². The van der Waals surface area contributed by atoms with E-state index < -0.39 is 6.55 Å². The van der Waals surface area contributed by atoms with Gasteiger partial charge in [0.05, 0.1) is 7.11 Å². The van der Waals surface area contributed by atoms with Crippen LogP contribution in [0.4, 0.5) is 14.5 Å². The summed E-state index contributed by atoms with van der Waals surface area (Å²) < 4.78 is 28.4. The van der Waals surface area contributed by atoms with Crippen molar-refractivity contribution in [2.45, 2.75) is 6.55 Å². The van der Waals surface area contributed by atoms with E-state index in [-0.39, 0.29) is 0 Å². The smallest absolute Gasteiger partial charge is 0.312 e. The minimum absolute atomic E-state index is 0.380. The van der Waals surface area contributed by atoms with Crippen LogP contribution in [-0.4, -0.2) is 13.7 Å². The van der Waals surface area contributed by atoms with Crippen LogP contribution in [0.2, 0.25) is 0 Å². The molecule has 66 valence electrons. The number of hydrogen-bond acceptors (Lipinski definition) is 2. The lowest BCUT2D eigenvalue weighted by molar-refractivity contribution is 0.181. The second-order valence-electron chi connectivity index (χ2n) is 2.17. The van der Waals surface area contributed by atoms with Crippen molar-refractivity contribution in [3.05, 3.63) is 24.3 Å². The summed E-state index contributed by atoms with van der Waals surface area (Å²) >= 11 is 0. The lowest BCUT2D eigenvalue weighted by Crippen LogP contribution is -2.05. The average Bonchev–Trinajstić information content (AvgIpc) is 2.05. The molecule has 0 aliphatic rings. The summed E-state index contributed by atoms with van der Waals surface area (Å²) in [6.45, 7) is -2.53. The maximum Gasteiger partial charge on any atom is 0.312 e. The number of hydrogen-bond donors (Lipinski definition) is 1. The highest BCUT2D eigenvalue weighted by molar-refractivity contribution is 5.46. The highest BCUT2D eigenvalue weighted by atomic mass is 19.3. The molecule has 0 spiro atoms. The third-order valence-electron chi connectivity index (χ3n) is 1.37. The first-order valence-electron chi connectivity index (χ1n) is 3.41. The van der Waals surface area contributed by atoms with Gasteiger partial charge in [0, 0.05) is 5.69 Å². The Morgan fingerprint density at radius 1 is 1.25 bits per heavy atom. The van der Waals surface area contributed by atoms with Crippen molar-refractivity contribution in [2.24, 2.45) is 0 Å². The van der Waals surface area contributed by atoms with Gasteiger partial charge >= 0.3 is 6.55 Å². The van der Waals surface area contributed by atoms with Crippen molar-refractivity contribution in [3.8, 4) is 5.75 Å². The molecule has 0 saturated carbocycles. The first kappa shape index (κ1) is 8.77. The third kappa shape index (κ3) is 2.38. The van der Waals surface area contributed by atoms with Gasteiger partial charge in [-0.3, -0.25) is 0 Å². The Morgan fingerprint density at radius 2 is 1.83 bits per heavy atom. The Morgan fingerprint density at radius 3 is 2.25 bits per heavy atom. The van der Waals surface area contributed by atoms with Crippen LogP contribution in [0.3, 0.4) is 0 Å². The molecule has 0 atom stereocenters. The summed E-state index contributed by atoms with van der Waals surface area (Å²) in [6, 6.07) is 6.30. The van der Waals surface area contributed by atoms with E-state index in [1.165, 1.54) is 19.2 Å². The van der Waals surface area contributed by atoms with Gasteiger partial charge in [0.15, 0.2) is 0 Å². The van der Waals surface area contributed by atoms with E-state index in [4.69, 9.17) is 4.74 Å². The van der Waals surface area contributed by atoms with Crippen LogP contribution >= 0.6 is 0 Å². The van der Waals surface area contributed by atoms with E-state index in [9.17, 15) is 8.78 Å². The number of halogens is 2. The van der Waals surface area contributed by atoms with Crippen LogP contribution in [0, 0.1) is 0 Å².